The van der Waals surface area contributed by atoms with Crippen LogP contribution in [0.1, 0.15) is 19.8 Å². The van der Waals surface area contributed by atoms with Crippen LogP contribution in [0.2, 0.25) is 5.82 Å². The lowest BCUT2D eigenvalue weighted by atomic mass is 9.63. The van der Waals surface area contributed by atoms with Crippen molar-refractivity contribution in [2.75, 3.05) is 0 Å². The highest BCUT2D eigenvalue weighted by molar-refractivity contribution is 6.43. The third-order valence-corrected chi connectivity index (χ3v) is 2.74. The van der Waals surface area contributed by atoms with Crippen LogP contribution in [-0.2, 0) is 0 Å². The maximum Gasteiger partial charge on any atom is 0.458 e. The Morgan fingerprint density at radius 3 is 2.29 bits per heavy atom. The van der Waals surface area contributed by atoms with Crippen molar-refractivity contribution < 1.29 is 23.2 Å². The standard InChI is InChI=1S/C8H12BF3O2/c1-7(8(10,11)12)4-2-6(3-5-7)9(13)14/h2,4,6,13-14H,3,5H2,1H3. The minimum Gasteiger partial charge on any atom is -0.427 e. The predicted molar refractivity (Wildman–Crippen MR) is 46.5 cm³/mol. The van der Waals surface area contributed by atoms with Gasteiger partial charge in [-0.25, -0.2) is 0 Å². The van der Waals surface area contributed by atoms with Gasteiger partial charge in [0.25, 0.3) is 0 Å². The van der Waals surface area contributed by atoms with Crippen molar-refractivity contribution in [1.82, 2.24) is 0 Å². The van der Waals surface area contributed by atoms with E-state index < -0.39 is 24.5 Å². The molecule has 0 bridgehead atoms. The maximum absolute atomic E-state index is 12.5. The second kappa shape index (κ2) is 3.58. The summed E-state index contributed by atoms with van der Waals surface area (Å²) in [5.74, 6) is -0.578. The van der Waals surface area contributed by atoms with E-state index in [1.165, 1.54) is 6.08 Å². The molecule has 0 aromatic carbocycles. The van der Waals surface area contributed by atoms with Crippen molar-refractivity contribution in [2.24, 2.45) is 5.41 Å². The third-order valence-electron chi connectivity index (χ3n) is 2.74. The molecule has 0 amide bonds. The van der Waals surface area contributed by atoms with Crippen LogP contribution in [0.25, 0.3) is 0 Å². The zero-order valence-corrected chi connectivity index (χ0v) is 7.75. The van der Waals surface area contributed by atoms with Crippen LogP contribution in [-0.4, -0.2) is 23.3 Å². The minimum atomic E-state index is -4.27. The average molecular weight is 208 g/mol. The second-order valence-corrected chi connectivity index (χ2v) is 3.89. The fourth-order valence-electron chi connectivity index (χ4n) is 1.47. The highest BCUT2D eigenvalue weighted by Gasteiger charge is 2.50. The van der Waals surface area contributed by atoms with E-state index in [9.17, 15) is 13.2 Å². The molecule has 6 heteroatoms. The minimum absolute atomic E-state index is 0.102. The molecular formula is C8H12BF3O2. The molecule has 1 rings (SSSR count). The van der Waals surface area contributed by atoms with Gasteiger partial charge in [0.2, 0.25) is 0 Å². The molecule has 14 heavy (non-hydrogen) atoms. The highest BCUT2D eigenvalue weighted by atomic mass is 19.4. The Kier molecular flexibility index (Phi) is 2.97. The summed E-state index contributed by atoms with van der Waals surface area (Å²) in [6.07, 6.45) is -1.96. The molecule has 2 nitrogen and oxygen atoms in total. The van der Waals surface area contributed by atoms with E-state index in [1.807, 2.05) is 0 Å². The van der Waals surface area contributed by atoms with Crippen molar-refractivity contribution in [2.45, 2.75) is 31.8 Å². The van der Waals surface area contributed by atoms with Crippen molar-refractivity contribution in [3.63, 3.8) is 0 Å². The summed E-state index contributed by atoms with van der Waals surface area (Å²) in [5, 5.41) is 17.5. The van der Waals surface area contributed by atoms with Gasteiger partial charge in [-0.3, -0.25) is 0 Å². The van der Waals surface area contributed by atoms with Crippen molar-refractivity contribution in [3.8, 4) is 0 Å². The lowest BCUT2D eigenvalue weighted by Gasteiger charge is -2.33. The monoisotopic (exact) mass is 208 g/mol. The topological polar surface area (TPSA) is 40.5 Å². The smallest absolute Gasteiger partial charge is 0.427 e. The number of halogens is 3. The molecule has 0 heterocycles. The van der Waals surface area contributed by atoms with Gasteiger partial charge in [-0.1, -0.05) is 12.2 Å². The molecule has 0 aliphatic heterocycles. The molecule has 2 N–H and O–H groups in total. The Morgan fingerprint density at radius 2 is 2.00 bits per heavy atom. The van der Waals surface area contributed by atoms with Gasteiger partial charge in [-0.05, 0) is 19.8 Å². The van der Waals surface area contributed by atoms with Crippen LogP contribution in [0.4, 0.5) is 13.2 Å². The SMILES string of the molecule is CC1(C(F)(F)F)C=CC(B(O)O)CC1. The van der Waals surface area contributed by atoms with E-state index in [0.717, 1.165) is 13.0 Å². The van der Waals surface area contributed by atoms with E-state index >= 15 is 0 Å². The van der Waals surface area contributed by atoms with Crippen LogP contribution in [0.15, 0.2) is 12.2 Å². The first-order valence-electron chi connectivity index (χ1n) is 4.38. The van der Waals surface area contributed by atoms with E-state index in [4.69, 9.17) is 10.0 Å². The molecular weight excluding hydrogens is 196 g/mol. The van der Waals surface area contributed by atoms with Crippen molar-refractivity contribution in [3.05, 3.63) is 12.2 Å². The fourth-order valence-corrected chi connectivity index (χ4v) is 1.47. The van der Waals surface area contributed by atoms with E-state index in [-0.39, 0.29) is 12.8 Å². The van der Waals surface area contributed by atoms with Crippen molar-refractivity contribution in [1.29, 1.82) is 0 Å². The Morgan fingerprint density at radius 1 is 1.43 bits per heavy atom. The number of hydrogen-bond donors (Lipinski definition) is 2. The van der Waals surface area contributed by atoms with Gasteiger partial charge in [0.05, 0.1) is 5.41 Å². The molecule has 2 unspecified atom stereocenters. The lowest BCUT2D eigenvalue weighted by Crippen LogP contribution is -2.36. The normalized spacial score (nSPS) is 33.1. The van der Waals surface area contributed by atoms with Crippen LogP contribution in [0, 0.1) is 5.41 Å². The van der Waals surface area contributed by atoms with Crippen LogP contribution < -0.4 is 0 Å². The van der Waals surface area contributed by atoms with Gasteiger partial charge in [0.1, 0.15) is 0 Å². The van der Waals surface area contributed by atoms with E-state index in [0.29, 0.717) is 0 Å². The summed E-state index contributed by atoms with van der Waals surface area (Å²) in [5.41, 5.74) is -1.82. The molecule has 80 valence electrons. The Hall–Kier alpha value is -0.485. The number of alkyl halides is 3. The first kappa shape index (κ1) is 11.6. The van der Waals surface area contributed by atoms with Crippen molar-refractivity contribution >= 4 is 7.12 Å². The Balaban J connectivity index is 2.77. The molecule has 0 radical (unpaired) electrons. The summed E-state index contributed by atoms with van der Waals surface area (Å²) < 4.78 is 37.4. The molecule has 2 atom stereocenters. The largest absolute Gasteiger partial charge is 0.458 e. The Labute approximate surface area is 80.6 Å². The quantitative estimate of drug-likeness (QED) is 0.509. The summed E-state index contributed by atoms with van der Waals surface area (Å²) >= 11 is 0. The third kappa shape index (κ3) is 2.12. The number of rotatable bonds is 1. The first-order valence-corrected chi connectivity index (χ1v) is 4.38. The number of allylic oxidation sites excluding steroid dienone is 2. The molecule has 0 spiro atoms. The average Bonchev–Trinajstić information content (AvgIpc) is 2.03. The van der Waals surface area contributed by atoms with Gasteiger partial charge in [0, 0.05) is 5.82 Å². The first-order chi connectivity index (χ1) is 6.26. The summed E-state index contributed by atoms with van der Waals surface area (Å²) in [6, 6.07) is 0. The maximum atomic E-state index is 12.5. The van der Waals surface area contributed by atoms with Gasteiger partial charge in [-0.15, -0.1) is 0 Å². The zero-order valence-electron chi connectivity index (χ0n) is 7.75. The molecule has 0 saturated carbocycles. The van der Waals surface area contributed by atoms with Crippen LogP contribution in [0.5, 0.6) is 0 Å². The lowest BCUT2D eigenvalue weighted by molar-refractivity contribution is -0.203. The second-order valence-electron chi connectivity index (χ2n) is 3.89. The molecule has 0 fully saturated rings. The zero-order chi connectivity index (χ0) is 11.0. The Bertz CT molecular complexity index is 239. The molecule has 1 aliphatic carbocycles. The summed E-state index contributed by atoms with van der Waals surface area (Å²) in [6.45, 7) is 1.11. The van der Waals surface area contributed by atoms with E-state index in [2.05, 4.69) is 0 Å². The fraction of sp³-hybridized carbons (Fsp3) is 0.750. The van der Waals surface area contributed by atoms with Gasteiger partial charge in [0.15, 0.2) is 0 Å². The highest BCUT2D eigenvalue weighted by Crippen LogP contribution is 2.47. The van der Waals surface area contributed by atoms with Crippen LogP contribution >= 0.6 is 0 Å². The molecule has 0 aromatic rings. The van der Waals surface area contributed by atoms with Gasteiger partial charge in [-0.2, -0.15) is 13.2 Å². The summed E-state index contributed by atoms with van der Waals surface area (Å²) in [4.78, 5) is 0. The van der Waals surface area contributed by atoms with Gasteiger partial charge >= 0.3 is 13.3 Å². The molecule has 0 aromatic heterocycles. The molecule has 0 saturated heterocycles. The predicted octanol–water partition coefficient (Wildman–Crippen LogP) is 1.75. The van der Waals surface area contributed by atoms with Gasteiger partial charge < -0.3 is 10.0 Å². The molecule has 1 aliphatic rings. The number of hydrogen-bond acceptors (Lipinski definition) is 2. The summed E-state index contributed by atoms with van der Waals surface area (Å²) in [7, 11) is -1.57. The van der Waals surface area contributed by atoms with Crippen LogP contribution in [0.3, 0.4) is 0 Å². The van der Waals surface area contributed by atoms with E-state index in [1.54, 1.807) is 0 Å².